The fourth-order valence-electron chi connectivity index (χ4n) is 5.52. The molecule has 2 aliphatic carbocycles. The summed E-state index contributed by atoms with van der Waals surface area (Å²) in [6, 6.07) is -1.06. The maximum absolute atomic E-state index is 10.5. The van der Waals surface area contributed by atoms with Crippen molar-refractivity contribution in [2.75, 3.05) is 13.2 Å². The number of ether oxygens (including phenoxy) is 2. The normalized spacial score (nSPS) is 67.9. The molecule has 3 heterocycles. The molecule has 5 rings (SSSR count). The summed E-state index contributed by atoms with van der Waals surface area (Å²) in [7, 11) is 0. The molecule has 5 fully saturated rings. The second-order valence-electron chi connectivity index (χ2n) is 8.03. The van der Waals surface area contributed by atoms with Crippen molar-refractivity contribution in [3.8, 4) is 0 Å². The Kier molecular flexibility index (Phi) is 3.03. The molecule has 0 spiro atoms. The van der Waals surface area contributed by atoms with Crippen molar-refractivity contribution in [3.63, 3.8) is 0 Å². The maximum Gasteiger partial charge on any atom is 0.210 e. The van der Waals surface area contributed by atoms with Crippen LogP contribution in [0.5, 0.6) is 0 Å². The van der Waals surface area contributed by atoms with Gasteiger partial charge in [0.1, 0.15) is 23.9 Å². The largest absolute Gasteiger partial charge is 0.394 e. The Balaban J connectivity index is 1.36. The van der Waals surface area contributed by atoms with E-state index in [9.17, 15) is 35.7 Å². The maximum atomic E-state index is 10.5. The second kappa shape index (κ2) is 4.53. The summed E-state index contributed by atoms with van der Waals surface area (Å²) < 4.78 is 11.4. The zero-order valence-corrected chi connectivity index (χ0v) is 13.5. The molecule has 0 amide bonds. The summed E-state index contributed by atoms with van der Waals surface area (Å²) in [5.41, 5.74) is -3.54. The Bertz CT molecular complexity index is 622. The second-order valence-corrected chi connectivity index (χ2v) is 8.03. The van der Waals surface area contributed by atoms with Gasteiger partial charge in [0, 0.05) is 12.6 Å². The minimum atomic E-state index is -1.78. The van der Waals surface area contributed by atoms with Gasteiger partial charge in [0.2, 0.25) is 5.79 Å². The Hall–Kier alpha value is -0.400. The fourth-order valence-corrected chi connectivity index (χ4v) is 5.52. The van der Waals surface area contributed by atoms with E-state index in [2.05, 4.69) is 0 Å². The standard InChI is InChI=1S/C15H23NO9/c1-4-8(18)10(20)7-9(19)5(2-16(4)7)24-15-12-13(22,14(12,15)23)11(21)6(3-17)25-15/h4-12,17-23H,2-3H2,1H3/t4?,5-,6?,7+,8+,9+,10+,11?,12?,13?,14?,15?/m0/s1. The van der Waals surface area contributed by atoms with Gasteiger partial charge in [-0.2, -0.15) is 0 Å². The van der Waals surface area contributed by atoms with Gasteiger partial charge in [0.15, 0.2) is 5.60 Å². The van der Waals surface area contributed by atoms with Gasteiger partial charge in [-0.3, -0.25) is 4.90 Å². The van der Waals surface area contributed by atoms with Crippen LogP contribution in [0.25, 0.3) is 0 Å². The lowest BCUT2D eigenvalue weighted by atomic mass is 9.89. The minimum Gasteiger partial charge on any atom is -0.394 e. The molecule has 142 valence electrons. The number of rotatable bonds is 3. The first-order valence-corrected chi connectivity index (χ1v) is 8.56. The van der Waals surface area contributed by atoms with Crippen LogP contribution in [0.15, 0.2) is 0 Å². The molecule has 7 unspecified atom stereocenters. The van der Waals surface area contributed by atoms with Gasteiger partial charge < -0.3 is 45.2 Å². The average Bonchev–Trinajstić information content (AvgIpc) is 3.23. The Morgan fingerprint density at radius 1 is 1.12 bits per heavy atom. The molecule has 3 aliphatic heterocycles. The Morgan fingerprint density at radius 2 is 1.76 bits per heavy atom. The first-order valence-electron chi connectivity index (χ1n) is 8.56. The highest BCUT2D eigenvalue weighted by Crippen LogP contribution is 2.86. The summed E-state index contributed by atoms with van der Waals surface area (Å²) in [6.45, 7) is 1.39. The van der Waals surface area contributed by atoms with Crippen molar-refractivity contribution >= 4 is 0 Å². The third-order valence-electron chi connectivity index (χ3n) is 7.07. The van der Waals surface area contributed by atoms with E-state index in [4.69, 9.17) is 9.47 Å². The van der Waals surface area contributed by atoms with Crippen LogP contribution < -0.4 is 0 Å². The van der Waals surface area contributed by atoms with Gasteiger partial charge in [-0.15, -0.1) is 0 Å². The van der Waals surface area contributed by atoms with E-state index >= 15 is 0 Å². The third kappa shape index (κ3) is 1.50. The smallest absolute Gasteiger partial charge is 0.210 e. The van der Waals surface area contributed by atoms with E-state index in [1.165, 1.54) is 0 Å². The number of aliphatic hydroxyl groups is 7. The van der Waals surface area contributed by atoms with Crippen LogP contribution in [-0.2, 0) is 9.47 Å². The van der Waals surface area contributed by atoms with Crippen molar-refractivity contribution in [1.82, 2.24) is 4.90 Å². The van der Waals surface area contributed by atoms with Crippen LogP contribution in [0.3, 0.4) is 0 Å². The molecule has 10 nitrogen and oxygen atoms in total. The molecule has 2 saturated carbocycles. The summed E-state index contributed by atoms with van der Waals surface area (Å²) >= 11 is 0. The topological polar surface area (TPSA) is 163 Å². The van der Waals surface area contributed by atoms with E-state index in [1.54, 1.807) is 11.8 Å². The van der Waals surface area contributed by atoms with E-state index in [0.717, 1.165) is 0 Å². The van der Waals surface area contributed by atoms with Crippen LogP contribution in [0.1, 0.15) is 6.92 Å². The zero-order chi connectivity index (χ0) is 18.1. The van der Waals surface area contributed by atoms with Crippen LogP contribution in [-0.4, -0.2) is 119 Å². The monoisotopic (exact) mass is 361 g/mol. The molecule has 25 heavy (non-hydrogen) atoms. The van der Waals surface area contributed by atoms with E-state index in [0.29, 0.717) is 0 Å². The number of nitrogens with zero attached hydrogens (tertiary/aromatic N) is 1. The van der Waals surface area contributed by atoms with Gasteiger partial charge >= 0.3 is 0 Å². The lowest BCUT2D eigenvalue weighted by Gasteiger charge is -2.47. The molecule has 0 bridgehead atoms. The first-order chi connectivity index (χ1) is 11.7. The SMILES string of the molecule is CC1[C@@H](O)[C@H](O)[C@H]2[C@H](O)[C@@H](OC34OC(CO)C(O)C5(O)C3C45O)CN12. The fraction of sp³-hybridized carbons (Fsp3) is 1.00. The zero-order valence-electron chi connectivity index (χ0n) is 13.5. The van der Waals surface area contributed by atoms with Crippen LogP contribution in [0.2, 0.25) is 0 Å². The number of hydrogen-bond donors (Lipinski definition) is 7. The van der Waals surface area contributed by atoms with Gasteiger partial charge in [-0.1, -0.05) is 0 Å². The molecule has 5 aliphatic rings. The molecule has 0 aromatic heterocycles. The molecule has 10 heteroatoms. The van der Waals surface area contributed by atoms with Gasteiger partial charge in [-0.25, -0.2) is 0 Å². The molecular weight excluding hydrogens is 338 g/mol. The summed E-state index contributed by atoms with van der Waals surface area (Å²) in [5, 5.41) is 70.8. The van der Waals surface area contributed by atoms with Crippen molar-refractivity contribution in [2.24, 2.45) is 5.92 Å². The lowest BCUT2D eigenvalue weighted by molar-refractivity contribution is -0.368. The highest BCUT2D eigenvalue weighted by atomic mass is 16.8. The average molecular weight is 361 g/mol. The predicted octanol–water partition coefficient (Wildman–Crippen LogP) is -4.91. The van der Waals surface area contributed by atoms with Crippen molar-refractivity contribution in [1.29, 1.82) is 0 Å². The molecule has 12 atom stereocenters. The van der Waals surface area contributed by atoms with Crippen molar-refractivity contribution < 1.29 is 45.2 Å². The Labute approximate surface area is 142 Å². The van der Waals surface area contributed by atoms with Gasteiger partial charge in [0.05, 0.1) is 36.9 Å². The lowest BCUT2D eigenvalue weighted by Crippen LogP contribution is -2.67. The van der Waals surface area contributed by atoms with E-state index in [-0.39, 0.29) is 12.6 Å². The van der Waals surface area contributed by atoms with Crippen LogP contribution >= 0.6 is 0 Å². The van der Waals surface area contributed by atoms with Crippen molar-refractivity contribution in [2.45, 2.75) is 72.6 Å². The quantitative estimate of drug-likeness (QED) is 0.259. The highest BCUT2D eigenvalue weighted by molar-refractivity contribution is 5.55. The van der Waals surface area contributed by atoms with Crippen LogP contribution in [0, 0.1) is 5.92 Å². The van der Waals surface area contributed by atoms with E-state index in [1.807, 2.05) is 0 Å². The van der Waals surface area contributed by atoms with Crippen LogP contribution in [0.4, 0.5) is 0 Å². The molecule has 0 radical (unpaired) electrons. The molecule has 3 saturated heterocycles. The summed E-state index contributed by atoms with van der Waals surface area (Å²) in [4.78, 5) is 1.74. The highest BCUT2D eigenvalue weighted by Gasteiger charge is 3.11. The molecular formula is C15H23NO9. The van der Waals surface area contributed by atoms with Gasteiger partial charge in [-0.05, 0) is 6.92 Å². The predicted molar refractivity (Wildman–Crippen MR) is 76.9 cm³/mol. The third-order valence-corrected chi connectivity index (χ3v) is 7.07. The summed E-state index contributed by atoms with van der Waals surface area (Å²) in [5.74, 6) is -2.42. The molecule has 0 aromatic rings. The molecule has 0 aromatic carbocycles. The van der Waals surface area contributed by atoms with E-state index < -0.39 is 72.2 Å². The summed E-state index contributed by atoms with van der Waals surface area (Å²) in [6.07, 6.45) is -6.55. The molecule has 7 N–H and O–H groups in total. The van der Waals surface area contributed by atoms with Crippen molar-refractivity contribution in [3.05, 3.63) is 0 Å². The minimum absolute atomic E-state index is 0.208. The Morgan fingerprint density at radius 3 is 2.32 bits per heavy atom. The van der Waals surface area contributed by atoms with Gasteiger partial charge in [0.25, 0.3) is 0 Å². The number of aliphatic hydroxyl groups excluding tert-OH is 5. The number of fused-ring (bicyclic) bond motifs is 3. The number of hydrogen-bond acceptors (Lipinski definition) is 10. The first kappa shape index (κ1) is 16.8.